The maximum absolute atomic E-state index is 10.3. The average Bonchev–Trinajstić information content (AvgIpc) is 1.85. The maximum atomic E-state index is 10.3. The van der Waals surface area contributed by atoms with Crippen LogP contribution in [-0.4, -0.2) is 9.91 Å². The van der Waals surface area contributed by atoms with Crippen LogP contribution in [0.4, 0.5) is 11.4 Å². The first-order valence-corrected chi connectivity index (χ1v) is 3.15. The molecular formula is C5H5N3O2S. The van der Waals surface area contributed by atoms with Gasteiger partial charge in [-0.05, 0) is 6.07 Å². The van der Waals surface area contributed by atoms with E-state index in [4.69, 9.17) is 5.73 Å². The minimum Gasteiger partial charge on any atom is -0.393 e. The molecule has 0 unspecified atom stereocenters. The number of nitro groups is 1. The highest BCUT2D eigenvalue weighted by Gasteiger charge is 2.15. The third kappa shape index (κ3) is 1.40. The average molecular weight is 171 g/mol. The van der Waals surface area contributed by atoms with Crippen LogP contribution in [0.25, 0.3) is 0 Å². The van der Waals surface area contributed by atoms with E-state index in [0.29, 0.717) is 0 Å². The van der Waals surface area contributed by atoms with Crippen molar-refractivity contribution in [2.24, 2.45) is 0 Å². The number of nitrogen functional groups attached to an aromatic ring is 1. The number of hydrogen-bond acceptors (Lipinski definition) is 5. The van der Waals surface area contributed by atoms with Crippen LogP contribution in [0.15, 0.2) is 17.3 Å². The molecule has 0 amide bonds. The highest BCUT2D eigenvalue weighted by molar-refractivity contribution is 7.80. The standard InChI is InChI=1S/C5H5N3O2S/c6-3-1-2-7-5(11)4(3)8(9)10/h1-2H,(H3,6,7,11). The first kappa shape index (κ1) is 7.80. The van der Waals surface area contributed by atoms with Gasteiger partial charge in [-0.25, -0.2) is 4.98 Å². The number of pyridine rings is 1. The molecule has 11 heavy (non-hydrogen) atoms. The predicted molar refractivity (Wildman–Crippen MR) is 42.6 cm³/mol. The van der Waals surface area contributed by atoms with Crippen LogP contribution in [0.2, 0.25) is 0 Å². The van der Waals surface area contributed by atoms with E-state index < -0.39 is 4.92 Å². The summed E-state index contributed by atoms with van der Waals surface area (Å²) < 4.78 is 0. The summed E-state index contributed by atoms with van der Waals surface area (Å²) in [5.74, 6) is 0. The van der Waals surface area contributed by atoms with Crippen LogP contribution in [0.5, 0.6) is 0 Å². The largest absolute Gasteiger partial charge is 0.393 e. The zero-order valence-electron chi connectivity index (χ0n) is 5.39. The zero-order chi connectivity index (χ0) is 8.43. The lowest BCUT2D eigenvalue weighted by Crippen LogP contribution is -1.97. The van der Waals surface area contributed by atoms with E-state index in [1.807, 2.05) is 0 Å². The zero-order valence-corrected chi connectivity index (χ0v) is 6.28. The first-order valence-electron chi connectivity index (χ1n) is 2.70. The molecule has 0 fully saturated rings. The summed E-state index contributed by atoms with van der Waals surface area (Å²) in [5.41, 5.74) is 5.13. The molecule has 0 bridgehead atoms. The molecule has 0 saturated heterocycles. The van der Waals surface area contributed by atoms with Crippen molar-refractivity contribution in [1.29, 1.82) is 0 Å². The van der Waals surface area contributed by atoms with Crippen molar-refractivity contribution in [1.82, 2.24) is 4.98 Å². The van der Waals surface area contributed by atoms with Gasteiger partial charge in [0.1, 0.15) is 5.69 Å². The van der Waals surface area contributed by atoms with E-state index in [0.717, 1.165) is 0 Å². The molecule has 6 heteroatoms. The van der Waals surface area contributed by atoms with Gasteiger partial charge in [-0.15, -0.1) is 12.6 Å². The Balaban J connectivity index is 3.32. The summed E-state index contributed by atoms with van der Waals surface area (Å²) in [6, 6.07) is 1.36. The van der Waals surface area contributed by atoms with Gasteiger partial charge in [0.2, 0.25) is 0 Å². The van der Waals surface area contributed by atoms with Crippen LogP contribution >= 0.6 is 12.6 Å². The molecule has 0 aromatic carbocycles. The molecule has 0 radical (unpaired) electrons. The first-order chi connectivity index (χ1) is 5.13. The minimum absolute atomic E-state index is 0.0370. The SMILES string of the molecule is Nc1ccnc(S)c1[N+](=O)[O-]. The molecule has 58 valence electrons. The van der Waals surface area contributed by atoms with E-state index >= 15 is 0 Å². The fourth-order valence-electron chi connectivity index (χ4n) is 0.644. The summed E-state index contributed by atoms with van der Waals surface area (Å²) in [6.45, 7) is 0. The van der Waals surface area contributed by atoms with E-state index in [2.05, 4.69) is 17.6 Å². The van der Waals surface area contributed by atoms with Crippen molar-refractivity contribution in [2.45, 2.75) is 5.03 Å². The monoisotopic (exact) mass is 171 g/mol. The Morgan fingerprint density at radius 2 is 2.36 bits per heavy atom. The Bertz CT molecular complexity index is 282. The van der Waals surface area contributed by atoms with Crippen LogP contribution in [0.3, 0.4) is 0 Å². The van der Waals surface area contributed by atoms with Crippen molar-refractivity contribution in [3.8, 4) is 0 Å². The highest BCUT2D eigenvalue weighted by Crippen LogP contribution is 2.25. The van der Waals surface area contributed by atoms with Crippen molar-refractivity contribution in [3.05, 3.63) is 22.4 Å². The number of aromatic nitrogens is 1. The molecule has 1 heterocycles. The summed E-state index contributed by atoms with van der Waals surface area (Å²) >= 11 is 3.77. The van der Waals surface area contributed by atoms with Gasteiger partial charge in [-0.3, -0.25) is 10.1 Å². The molecule has 1 aromatic rings. The van der Waals surface area contributed by atoms with Gasteiger partial charge >= 0.3 is 5.69 Å². The second-order valence-corrected chi connectivity index (χ2v) is 2.25. The van der Waals surface area contributed by atoms with Gasteiger partial charge in [0, 0.05) is 6.20 Å². The number of nitrogens with two attached hydrogens (primary N) is 1. The molecule has 5 nitrogen and oxygen atoms in total. The molecule has 1 aromatic heterocycles. The molecule has 0 aliphatic carbocycles. The van der Waals surface area contributed by atoms with Crippen molar-refractivity contribution < 1.29 is 4.92 Å². The highest BCUT2D eigenvalue weighted by atomic mass is 32.1. The van der Waals surface area contributed by atoms with Crippen LogP contribution in [0, 0.1) is 10.1 Å². The Hall–Kier alpha value is -1.30. The lowest BCUT2D eigenvalue weighted by molar-refractivity contribution is -0.387. The maximum Gasteiger partial charge on any atom is 0.323 e. The summed E-state index contributed by atoms with van der Waals surface area (Å²) in [5, 5.41) is 10.3. The second-order valence-electron chi connectivity index (χ2n) is 1.83. The fourth-order valence-corrected chi connectivity index (χ4v) is 0.922. The van der Waals surface area contributed by atoms with Gasteiger partial charge in [-0.1, -0.05) is 0 Å². The van der Waals surface area contributed by atoms with Gasteiger partial charge in [0.25, 0.3) is 0 Å². The normalized spacial score (nSPS) is 9.55. The lowest BCUT2D eigenvalue weighted by atomic mass is 10.4. The Kier molecular flexibility index (Phi) is 1.95. The summed E-state index contributed by atoms with van der Waals surface area (Å²) in [4.78, 5) is 13.3. The van der Waals surface area contributed by atoms with Gasteiger partial charge in [0.05, 0.1) is 4.92 Å². The number of thiol groups is 1. The van der Waals surface area contributed by atoms with Gasteiger partial charge in [-0.2, -0.15) is 0 Å². The van der Waals surface area contributed by atoms with Gasteiger partial charge in [0.15, 0.2) is 5.03 Å². The Morgan fingerprint density at radius 3 is 2.73 bits per heavy atom. The molecule has 0 spiro atoms. The Morgan fingerprint density at radius 1 is 1.73 bits per heavy atom. The van der Waals surface area contributed by atoms with E-state index in [1.165, 1.54) is 12.3 Å². The van der Waals surface area contributed by atoms with Crippen molar-refractivity contribution in [3.63, 3.8) is 0 Å². The van der Waals surface area contributed by atoms with Crippen LogP contribution in [0.1, 0.15) is 0 Å². The second kappa shape index (κ2) is 2.75. The smallest absolute Gasteiger partial charge is 0.323 e. The fraction of sp³-hybridized carbons (Fsp3) is 0. The van der Waals surface area contributed by atoms with E-state index in [9.17, 15) is 10.1 Å². The van der Waals surface area contributed by atoms with Gasteiger partial charge < -0.3 is 5.73 Å². The predicted octanol–water partition coefficient (Wildman–Crippen LogP) is 0.861. The lowest BCUT2D eigenvalue weighted by Gasteiger charge is -1.96. The molecule has 2 N–H and O–H groups in total. The van der Waals surface area contributed by atoms with E-state index in [-0.39, 0.29) is 16.4 Å². The van der Waals surface area contributed by atoms with Crippen molar-refractivity contribution >= 4 is 24.0 Å². The topological polar surface area (TPSA) is 82.0 Å². The third-order valence-corrected chi connectivity index (χ3v) is 1.45. The van der Waals surface area contributed by atoms with Crippen molar-refractivity contribution in [2.75, 3.05) is 5.73 Å². The van der Waals surface area contributed by atoms with Crippen LogP contribution in [-0.2, 0) is 0 Å². The molecular weight excluding hydrogens is 166 g/mol. The summed E-state index contributed by atoms with van der Waals surface area (Å²) in [6.07, 6.45) is 1.37. The molecule has 1 rings (SSSR count). The minimum atomic E-state index is -0.606. The van der Waals surface area contributed by atoms with Crippen LogP contribution < -0.4 is 5.73 Å². The number of rotatable bonds is 1. The molecule has 0 aliphatic rings. The van der Waals surface area contributed by atoms with E-state index in [1.54, 1.807) is 0 Å². The number of hydrogen-bond donors (Lipinski definition) is 2. The quantitative estimate of drug-likeness (QED) is 0.373. The Labute approximate surface area is 67.8 Å². The third-order valence-electron chi connectivity index (χ3n) is 1.12. The molecule has 0 atom stereocenters. The summed E-state index contributed by atoms with van der Waals surface area (Å²) in [7, 11) is 0. The number of anilines is 1. The number of nitrogens with zero attached hydrogens (tertiary/aromatic N) is 2. The molecule has 0 aliphatic heterocycles. The molecule has 0 saturated carbocycles.